The van der Waals surface area contributed by atoms with Crippen LogP contribution >= 0.6 is 0 Å². The van der Waals surface area contributed by atoms with Gasteiger partial charge in [-0.1, -0.05) is 6.07 Å². The van der Waals surface area contributed by atoms with Gasteiger partial charge in [0.05, 0.1) is 47.6 Å². The number of hydrogen-bond donors (Lipinski definition) is 0. The van der Waals surface area contributed by atoms with Gasteiger partial charge in [0, 0.05) is 25.4 Å². The zero-order valence-corrected chi connectivity index (χ0v) is 20.0. The summed E-state index contributed by atoms with van der Waals surface area (Å²) in [6.45, 7) is 2.16. The predicted molar refractivity (Wildman–Crippen MR) is 136 cm³/mol. The minimum atomic E-state index is -0.377. The number of benzene rings is 2. The molecule has 0 unspecified atom stereocenters. The topological polar surface area (TPSA) is 113 Å². The Morgan fingerprint density at radius 3 is 2.67 bits per heavy atom. The molecule has 36 heavy (non-hydrogen) atoms. The van der Waals surface area contributed by atoms with E-state index >= 15 is 0 Å². The van der Waals surface area contributed by atoms with Crippen LogP contribution in [0.5, 0.6) is 0 Å². The molecule has 0 N–H and O–H groups in total. The van der Waals surface area contributed by atoms with E-state index in [-0.39, 0.29) is 31.4 Å². The fourth-order valence-electron chi connectivity index (χ4n) is 3.65. The second-order valence-corrected chi connectivity index (χ2v) is 7.85. The van der Waals surface area contributed by atoms with Gasteiger partial charge in [-0.25, -0.2) is 9.97 Å². The minimum absolute atomic E-state index is 0.0535. The molecule has 0 fully saturated rings. The summed E-state index contributed by atoms with van der Waals surface area (Å²) in [4.78, 5) is 40.2. The van der Waals surface area contributed by atoms with Crippen molar-refractivity contribution in [2.24, 2.45) is 12.0 Å². The molecule has 0 saturated carbocycles. The first-order valence-electron chi connectivity index (χ1n) is 11.4. The third-order valence-electron chi connectivity index (χ3n) is 5.50. The van der Waals surface area contributed by atoms with E-state index in [1.165, 1.54) is 4.90 Å². The molecule has 1 amide bonds. The van der Waals surface area contributed by atoms with Crippen LogP contribution < -0.4 is 4.90 Å². The maximum absolute atomic E-state index is 13.5. The molecule has 9 heteroatoms. The Bertz CT molecular complexity index is 1450. The second kappa shape index (κ2) is 11.1. The molecule has 0 aliphatic rings. The molecule has 2 heterocycles. The lowest BCUT2D eigenvalue weighted by Crippen LogP contribution is -2.34. The largest absolute Gasteiger partial charge is 0.466 e. The number of nitriles is 1. The lowest BCUT2D eigenvalue weighted by molar-refractivity contribution is -0.142. The predicted octanol–water partition coefficient (Wildman–Crippen LogP) is 4.19. The van der Waals surface area contributed by atoms with Crippen LogP contribution in [0.3, 0.4) is 0 Å². The van der Waals surface area contributed by atoms with Crippen LogP contribution in [0.2, 0.25) is 0 Å². The Balaban J connectivity index is 1.60. The number of aryl methyl sites for hydroxylation is 1. The van der Waals surface area contributed by atoms with Crippen LogP contribution in [-0.2, 0) is 16.6 Å². The Kier molecular flexibility index (Phi) is 7.46. The van der Waals surface area contributed by atoms with Crippen LogP contribution in [0.25, 0.3) is 11.0 Å². The van der Waals surface area contributed by atoms with Crippen molar-refractivity contribution in [3.63, 3.8) is 0 Å². The zero-order valence-electron chi connectivity index (χ0n) is 20.0. The molecule has 2 aromatic heterocycles. The average Bonchev–Trinajstić information content (AvgIpc) is 3.23. The third kappa shape index (κ3) is 5.45. The molecule has 0 aliphatic carbocycles. The van der Waals surface area contributed by atoms with Crippen LogP contribution in [0.4, 0.5) is 11.5 Å². The molecular weight excluding hydrogens is 456 g/mol. The van der Waals surface area contributed by atoms with Crippen molar-refractivity contribution >= 4 is 40.6 Å². The van der Waals surface area contributed by atoms with E-state index in [1.807, 2.05) is 17.7 Å². The van der Waals surface area contributed by atoms with Gasteiger partial charge in [0.2, 0.25) is 0 Å². The molecule has 4 aromatic rings. The van der Waals surface area contributed by atoms with E-state index in [1.54, 1.807) is 73.9 Å². The van der Waals surface area contributed by atoms with Crippen LogP contribution in [0.15, 0.2) is 71.9 Å². The summed E-state index contributed by atoms with van der Waals surface area (Å²) < 4.78 is 6.90. The van der Waals surface area contributed by atoms with Crippen LogP contribution in [0.1, 0.15) is 35.1 Å². The van der Waals surface area contributed by atoms with Crippen molar-refractivity contribution in [1.82, 2.24) is 14.5 Å². The van der Waals surface area contributed by atoms with Gasteiger partial charge in [0.15, 0.2) is 5.82 Å². The molecule has 0 saturated heterocycles. The number of hydrogen-bond acceptors (Lipinski definition) is 7. The van der Waals surface area contributed by atoms with E-state index in [0.717, 1.165) is 5.52 Å². The number of carbonyl (C=O) groups excluding carboxylic acids is 2. The lowest BCUT2D eigenvalue weighted by Gasteiger charge is -2.21. The van der Waals surface area contributed by atoms with Gasteiger partial charge < -0.3 is 9.30 Å². The number of nitrogens with zero attached hydrogens (tertiary/aromatic N) is 6. The van der Waals surface area contributed by atoms with Crippen LogP contribution in [-0.4, -0.2) is 45.8 Å². The monoisotopic (exact) mass is 480 g/mol. The van der Waals surface area contributed by atoms with Gasteiger partial charge in [0.1, 0.15) is 5.82 Å². The molecule has 4 rings (SSSR count). The quantitative estimate of drug-likeness (QED) is 0.276. The number of esters is 1. The summed E-state index contributed by atoms with van der Waals surface area (Å²) in [5, 5.41) is 8.94. The summed E-state index contributed by atoms with van der Waals surface area (Å²) in [5.74, 6) is 0.391. The van der Waals surface area contributed by atoms with Gasteiger partial charge in [-0.3, -0.25) is 19.5 Å². The number of aliphatic imine (C=N–C) groups is 1. The number of anilines is 1. The van der Waals surface area contributed by atoms with Crippen molar-refractivity contribution in [3.8, 4) is 6.07 Å². The molecule has 0 aliphatic heterocycles. The molecule has 0 radical (unpaired) electrons. The fraction of sp³-hybridized carbons (Fsp3) is 0.185. The first-order chi connectivity index (χ1) is 17.5. The molecule has 180 valence electrons. The number of rotatable bonds is 8. The first kappa shape index (κ1) is 24.3. The van der Waals surface area contributed by atoms with Gasteiger partial charge in [-0.2, -0.15) is 5.26 Å². The summed E-state index contributed by atoms with van der Waals surface area (Å²) in [5.41, 5.74) is 3.16. The highest BCUT2D eigenvalue weighted by Gasteiger charge is 2.21. The number of aromatic nitrogens is 3. The van der Waals surface area contributed by atoms with Crippen molar-refractivity contribution in [2.75, 3.05) is 18.1 Å². The molecule has 9 nitrogen and oxygen atoms in total. The lowest BCUT2D eigenvalue weighted by atomic mass is 10.1. The SMILES string of the molecule is CCOC(=O)CCN(C(=O)c1ccc2c(c1)nc(C=Nc1ccc(C#N)cc1)n2C)c1ccccn1. The van der Waals surface area contributed by atoms with Gasteiger partial charge in [0.25, 0.3) is 5.91 Å². The average molecular weight is 481 g/mol. The molecule has 0 bridgehead atoms. The number of carbonyl (C=O) groups is 2. The Hall–Kier alpha value is -4.84. The highest BCUT2D eigenvalue weighted by Crippen LogP contribution is 2.21. The first-order valence-corrected chi connectivity index (χ1v) is 11.4. The summed E-state index contributed by atoms with van der Waals surface area (Å²) in [6.07, 6.45) is 3.29. The number of fused-ring (bicyclic) bond motifs is 1. The van der Waals surface area contributed by atoms with E-state index in [2.05, 4.69) is 21.0 Å². The number of imidazole rings is 1. The van der Waals surface area contributed by atoms with E-state index in [9.17, 15) is 9.59 Å². The Morgan fingerprint density at radius 1 is 1.17 bits per heavy atom. The minimum Gasteiger partial charge on any atom is -0.466 e. The normalized spacial score (nSPS) is 10.9. The highest BCUT2D eigenvalue weighted by molar-refractivity contribution is 6.07. The number of amides is 1. The zero-order chi connectivity index (χ0) is 25.5. The van der Waals surface area contributed by atoms with Crippen molar-refractivity contribution < 1.29 is 14.3 Å². The maximum atomic E-state index is 13.5. The maximum Gasteiger partial charge on any atom is 0.307 e. The van der Waals surface area contributed by atoms with Gasteiger partial charge in [-0.15, -0.1) is 0 Å². The van der Waals surface area contributed by atoms with E-state index in [0.29, 0.717) is 34.0 Å². The molecule has 2 aromatic carbocycles. The van der Waals surface area contributed by atoms with Crippen molar-refractivity contribution in [3.05, 3.63) is 83.8 Å². The Labute approximate surface area is 208 Å². The summed E-state index contributed by atoms with van der Waals surface area (Å²) in [6, 6.07) is 19.6. The van der Waals surface area contributed by atoms with Crippen molar-refractivity contribution in [2.45, 2.75) is 13.3 Å². The third-order valence-corrected chi connectivity index (χ3v) is 5.50. The highest BCUT2D eigenvalue weighted by atomic mass is 16.5. The molecule has 0 spiro atoms. The van der Waals surface area contributed by atoms with Crippen molar-refractivity contribution in [1.29, 1.82) is 5.26 Å². The smallest absolute Gasteiger partial charge is 0.307 e. The second-order valence-electron chi connectivity index (χ2n) is 7.85. The summed E-state index contributed by atoms with van der Waals surface area (Å²) in [7, 11) is 1.87. The van der Waals surface area contributed by atoms with Crippen LogP contribution in [0, 0.1) is 11.3 Å². The van der Waals surface area contributed by atoms with E-state index in [4.69, 9.17) is 10.00 Å². The molecule has 0 atom stereocenters. The fourth-order valence-corrected chi connectivity index (χ4v) is 3.65. The summed E-state index contributed by atoms with van der Waals surface area (Å²) >= 11 is 0. The Morgan fingerprint density at radius 2 is 1.97 bits per heavy atom. The number of pyridine rings is 1. The van der Waals surface area contributed by atoms with E-state index < -0.39 is 0 Å². The standard InChI is InChI=1S/C27H24N6O3/c1-3-36-26(34)13-15-33(24-6-4-5-14-29-24)27(35)20-9-12-23-22(16-20)31-25(32(23)2)18-30-21-10-7-19(17-28)8-11-21/h4-12,14,16,18H,3,13,15H2,1-2H3. The van der Waals surface area contributed by atoms with Gasteiger partial charge >= 0.3 is 5.97 Å². The van der Waals surface area contributed by atoms with Gasteiger partial charge in [-0.05, 0) is 61.5 Å². The number of ether oxygens (including phenoxy) is 1. The molecular formula is C27H24N6O3.